The molecule has 0 aliphatic carbocycles. The molecule has 0 atom stereocenters. The number of carbonyl (C=O) groups excluding carboxylic acids is 1. The molecule has 22 heavy (non-hydrogen) atoms. The molecule has 0 bridgehead atoms. The number of aromatic nitrogens is 1. The van der Waals surface area contributed by atoms with Crippen LogP contribution in [0.1, 0.15) is 28.0 Å². The van der Waals surface area contributed by atoms with Gasteiger partial charge in [0, 0.05) is 12.2 Å². The van der Waals surface area contributed by atoms with E-state index in [4.69, 9.17) is 0 Å². The van der Waals surface area contributed by atoms with E-state index < -0.39 is 17.2 Å². The molecule has 0 fully saturated rings. The van der Waals surface area contributed by atoms with E-state index in [0.717, 1.165) is 0 Å². The zero-order valence-corrected chi connectivity index (χ0v) is 12.0. The standard InChI is InChI=1S/C16H14F2N2O2/c1-9-4-5-12(11(17)7-9)19-15-10(8-21)13-3-2-6-20(13)16(22)14(15)18/h4-5,7-8,19H,2-3,6H2,1H3. The van der Waals surface area contributed by atoms with E-state index in [1.807, 2.05) is 0 Å². The van der Waals surface area contributed by atoms with Gasteiger partial charge in [-0.2, -0.15) is 4.39 Å². The first-order valence-electron chi connectivity index (χ1n) is 6.96. The Morgan fingerprint density at radius 2 is 2.09 bits per heavy atom. The number of hydrogen-bond donors (Lipinski definition) is 1. The van der Waals surface area contributed by atoms with Crippen molar-refractivity contribution >= 4 is 17.7 Å². The SMILES string of the molecule is Cc1ccc(Nc2c(C=O)c3n(c(=O)c2F)CCC3)c(F)c1. The van der Waals surface area contributed by atoms with Crippen molar-refractivity contribution in [3.63, 3.8) is 0 Å². The summed E-state index contributed by atoms with van der Waals surface area (Å²) < 4.78 is 29.5. The number of carbonyl (C=O) groups is 1. The number of anilines is 2. The van der Waals surface area contributed by atoms with Gasteiger partial charge in [0.1, 0.15) is 5.82 Å². The van der Waals surface area contributed by atoms with Crippen molar-refractivity contribution in [1.82, 2.24) is 4.57 Å². The van der Waals surface area contributed by atoms with Crippen LogP contribution in [-0.2, 0) is 13.0 Å². The third-order valence-electron chi connectivity index (χ3n) is 3.86. The maximum absolute atomic E-state index is 14.3. The number of nitrogens with one attached hydrogen (secondary N) is 1. The molecular formula is C16H14F2N2O2. The summed E-state index contributed by atoms with van der Waals surface area (Å²) in [7, 11) is 0. The van der Waals surface area contributed by atoms with Crippen molar-refractivity contribution in [3.8, 4) is 0 Å². The monoisotopic (exact) mass is 304 g/mol. The maximum Gasteiger partial charge on any atom is 0.288 e. The molecule has 0 saturated carbocycles. The van der Waals surface area contributed by atoms with Crippen LogP contribution in [0.15, 0.2) is 23.0 Å². The molecule has 0 saturated heterocycles. The number of aryl methyl sites for hydroxylation is 1. The summed E-state index contributed by atoms with van der Waals surface area (Å²) in [4.78, 5) is 23.4. The highest BCUT2D eigenvalue weighted by atomic mass is 19.1. The number of hydrogen-bond acceptors (Lipinski definition) is 3. The van der Waals surface area contributed by atoms with Crippen molar-refractivity contribution in [2.45, 2.75) is 26.3 Å². The van der Waals surface area contributed by atoms with Gasteiger partial charge in [-0.3, -0.25) is 9.59 Å². The zero-order chi connectivity index (χ0) is 15.9. The van der Waals surface area contributed by atoms with E-state index in [2.05, 4.69) is 5.32 Å². The average molecular weight is 304 g/mol. The summed E-state index contributed by atoms with van der Waals surface area (Å²) in [6.07, 6.45) is 1.71. The average Bonchev–Trinajstić information content (AvgIpc) is 2.96. The van der Waals surface area contributed by atoms with Crippen LogP contribution < -0.4 is 10.9 Å². The summed E-state index contributed by atoms with van der Waals surface area (Å²) in [5.74, 6) is -1.63. The van der Waals surface area contributed by atoms with Gasteiger partial charge in [0.15, 0.2) is 6.29 Å². The van der Waals surface area contributed by atoms with Crippen LogP contribution in [0.5, 0.6) is 0 Å². The minimum atomic E-state index is -1.06. The van der Waals surface area contributed by atoms with Crippen molar-refractivity contribution in [2.75, 3.05) is 5.32 Å². The predicted octanol–water partition coefficient (Wildman–Crippen LogP) is 2.94. The fourth-order valence-electron chi connectivity index (χ4n) is 2.77. The predicted molar refractivity (Wildman–Crippen MR) is 78.8 cm³/mol. The highest BCUT2D eigenvalue weighted by molar-refractivity contribution is 5.87. The Kier molecular flexibility index (Phi) is 3.52. The first kappa shape index (κ1) is 14.4. The molecule has 2 heterocycles. The molecule has 114 valence electrons. The Morgan fingerprint density at radius 3 is 2.77 bits per heavy atom. The highest BCUT2D eigenvalue weighted by Crippen LogP contribution is 2.28. The summed E-state index contributed by atoms with van der Waals surface area (Å²) in [6.45, 7) is 2.12. The maximum atomic E-state index is 14.3. The van der Waals surface area contributed by atoms with Gasteiger partial charge in [0.2, 0.25) is 5.82 Å². The Labute approximate surface area is 125 Å². The summed E-state index contributed by atoms with van der Waals surface area (Å²) in [6, 6.07) is 4.40. The van der Waals surface area contributed by atoms with E-state index in [-0.39, 0.29) is 16.9 Å². The number of fused-ring (bicyclic) bond motifs is 1. The first-order chi connectivity index (χ1) is 10.5. The third kappa shape index (κ3) is 2.20. The van der Waals surface area contributed by atoms with Crippen LogP contribution in [0.4, 0.5) is 20.2 Å². The van der Waals surface area contributed by atoms with Crippen LogP contribution in [-0.4, -0.2) is 10.9 Å². The number of aldehydes is 1. The third-order valence-corrected chi connectivity index (χ3v) is 3.86. The Balaban J connectivity index is 2.17. The quantitative estimate of drug-likeness (QED) is 0.887. The Bertz CT molecular complexity index is 828. The fraction of sp³-hybridized carbons (Fsp3) is 0.250. The second-order valence-electron chi connectivity index (χ2n) is 5.34. The van der Waals surface area contributed by atoms with E-state index in [9.17, 15) is 18.4 Å². The second kappa shape index (κ2) is 5.36. The lowest BCUT2D eigenvalue weighted by atomic mass is 10.1. The molecule has 6 heteroatoms. The number of benzene rings is 1. The first-order valence-corrected chi connectivity index (χ1v) is 6.96. The van der Waals surface area contributed by atoms with Gasteiger partial charge in [-0.15, -0.1) is 0 Å². The molecule has 1 N–H and O–H groups in total. The topological polar surface area (TPSA) is 51.1 Å². The number of pyridine rings is 1. The van der Waals surface area contributed by atoms with Crippen molar-refractivity contribution < 1.29 is 13.6 Å². The largest absolute Gasteiger partial charge is 0.350 e. The van der Waals surface area contributed by atoms with E-state index in [0.29, 0.717) is 36.9 Å². The second-order valence-corrected chi connectivity index (χ2v) is 5.34. The smallest absolute Gasteiger partial charge is 0.288 e. The molecular weight excluding hydrogens is 290 g/mol. The van der Waals surface area contributed by atoms with Gasteiger partial charge in [0.25, 0.3) is 5.56 Å². The molecule has 4 nitrogen and oxygen atoms in total. The van der Waals surface area contributed by atoms with Crippen LogP contribution in [0.3, 0.4) is 0 Å². The van der Waals surface area contributed by atoms with Crippen LogP contribution in [0.2, 0.25) is 0 Å². The van der Waals surface area contributed by atoms with Crippen LogP contribution >= 0.6 is 0 Å². The summed E-state index contributed by atoms with van der Waals surface area (Å²) in [5, 5.41) is 2.56. The molecule has 1 aliphatic rings. The number of rotatable bonds is 3. The summed E-state index contributed by atoms with van der Waals surface area (Å²) >= 11 is 0. The molecule has 3 rings (SSSR count). The molecule has 2 aromatic rings. The lowest BCUT2D eigenvalue weighted by Gasteiger charge is -2.15. The molecule has 1 aromatic carbocycles. The number of halogens is 2. The van der Waals surface area contributed by atoms with Gasteiger partial charge in [-0.25, -0.2) is 4.39 Å². The van der Waals surface area contributed by atoms with Gasteiger partial charge in [-0.1, -0.05) is 6.07 Å². The Hall–Kier alpha value is -2.50. The molecule has 0 radical (unpaired) electrons. The molecule has 0 amide bonds. The summed E-state index contributed by atoms with van der Waals surface area (Å²) in [5.41, 5.74) is 0.276. The van der Waals surface area contributed by atoms with Gasteiger partial charge >= 0.3 is 0 Å². The zero-order valence-electron chi connectivity index (χ0n) is 12.0. The Morgan fingerprint density at radius 1 is 1.32 bits per heavy atom. The minimum Gasteiger partial charge on any atom is -0.350 e. The molecule has 1 aliphatic heterocycles. The van der Waals surface area contributed by atoms with Crippen molar-refractivity contribution in [1.29, 1.82) is 0 Å². The highest BCUT2D eigenvalue weighted by Gasteiger charge is 2.25. The number of nitrogens with zero attached hydrogens (tertiary/aromatic N) is 1. The minimum absolute atomic E-state index is 0.0231. The van der Waals surface area contributed by atoms with Crippen LogP contribution in [0, 0.1) is 18.6 Å². The van der Waals surface area contributed by atoms with Gasteiger partial charge in [-0.05, 0) is 37.5 Å². The lowest BCUT2D eigenvalue weighted by molar-refractivity contribution is 0.112. The molecule has 1 aromatic heterocycles. The van der Waals surface area contributed by atoms with Gasteiger partial charge in [0.05, 0.1) is 16.9 Å². The van der Waals surface area contributed by atoms with Crippen molar-refractivity contribution in [2.24, 2.45) is 0 Å². The van der Waals surface area contributed by atoms with E-state index in [1.54, 1.807) is 13.0 Å². The van der Waals surface area contributed by atoms with E-state index >= 15 is 0 Å². The van der Waals surface area contributed by atoms with Crippen LogP contribution in [0.25, 0.3) is 0 Å². The fourth-order valence-corrected chi connectivity index (χ4v) is 2.77. The normalized spacial score (nSPS) is 13.0. The lowest BCUT2D eigenvalue weighted by Crippen LogP contribution is -2.26. The molecule has 0 unspecified atom stereocenters. The molecule has 0 spiro atoms. The van der Waals surface area contributed by atoms with Crippen molar-refractivity contribution in [3.05, 3.63) is 57.0 Å². The van der Waals surface area contributed by atoms with Gasteiger partial charge < -0.3 is 9.88 Å². The van der Waals surface area contributed by atoms with E-state index in [1.165, 1.54) is 16.7 Å².